The first kappa shape index (κ1) is 9.26. The molecule has 1 fully saturated rings. The van der Waals surface area contributed by atoms with Crippen molar-refractivity contribution >= 4 is 0 Å². The molecule has 0 aromatic rings. The normalized spacial score (nSPS) is 28.2. The van der Waals surface area contributed by atoms with Crippen LogP contribution < -0.4 is 0 Å². The maximum absolute atomic E-state index is 10.4. The highest BCUT2D eigenvalue weighted by atomic mass is 16.3. The van der Waals surface area contributed by atoms with Gasteiger partial charge < -0.3 is 5.11 Å². The fourth-order valence-electron chi connectivity index (χ4n) is 2.72. The fourth-order valence-corrected chi connectivity index (χ4v) is 2.72. The maximum Gasteiger partial charge on any atom is 0.0856 e. The summed E-state index contributed by atoms with van der Waals surface area (Å²) < 4.78 is 0. The second-order valence-corrected chi connectivity index (χ2v) is 4.57. The molecule has 1 nitrogen and oxygen atoms in total. The number of rotatable bonds is 1. The van der Waals surface area contributed by atoms with E-state index in [4.69, 9.17) is 0 Å². The Morgan fingerprint density at radius 1 is 1.00 bits per heavy atom. The number of aliphatic hydroxyl groups is 1. The van der Waals surface area contributed by atoms with E-state index in [9.17, 15) is 5.11 Å². The summed E-state index contributed by atoms with van der Waals surface area (Å²) in [5, 5.41) is 10.4. The maximum atomic E-state index is 10.4. The lowest BCUT2D eigenvalue weighted by molar-refractivity contribution is 0.0349. The molecule has 1 saturated carbocycles. The Morgan fingerprint density at radius 2 is 1.77 bits per heavy atom. The number of allylic oxidation sites excluding steroid dienone is 1. The molecule has 1 N–H and O–H groups in total. The Morgan fingerprint density at radius 3 is 2.38 bits per heavy atom. The lowest BCUT2D eigenvalue weighted by Gasteiger charge is -2.36. The van der Waals surface area contributed by atoms with Crippen LogP contribution in [0.5, 0.6) is 0 Å². The van der Waals surface area contributed by atoms with Crippen molar-refractivity contribution in [2.45, 2.75) is 63.4 Å². The van der Waals surface area contributed by atoms with Crippen LogP contribution in [0.3, 0.4) is 0 Å². The Balaban J connectivity index is 2.07. The minimum absolute atomic E-state index is 0.390. The summed E-state index contributed by atoms with van der Waals surface area (Å²) in [5.41, 5.74) is 0.969. The van der Waals surface area contributed by atoms with Gasteiger partial charge in [0, 0.05) is 0 Å². The predicted molar refractivity (Wildman–Crippen MR) is 54.6 cm³/mol. The lowest BCUT2D eigenvalue weighted by Crippen LogP contribution is -2.34. The van der Waals surface area contributed by atoms with E-state index in [1.54, 1.807) is 0 Å². The van der Waals surface area contributed by atoms with Gasteiger partial charge in [-0.1, -0.05) is 25.3 Å². The van der Waals surface area contributed by atoms with E-state index in [0.717, 1.165) is 19.3 Å². The smallest absolute Gasteiger partial charge is 0.0856 e. The second kappa shape index (κ2) is 3.83. The molecule has 0 heterocycles. The van der Waals surface area contributed by atoms with Gasteiger partial charge in [0.1, 0.15) is 0 Å². The van der Waals surface area contributed by atoms with Crippen LogP contribution in [0.15, 0.2) is 11.6 Å². The van der Waals surface area contributed by atoms with Crippen LogP contribution in [0, 0.1) is 0 Å². The summed E-state index contributed by atoms with van der Waals surface area (Å²) in [4.78, 5) is 0. The Hall–Kier alpha value is -0.300. The summed E-state index contributed by atoms with van der Waals surface area (Å²) in [6.45, 7) is 0. The van der Waals surface area contributed by atoms with Crippen molar-refractivity contribution in [3.63, 3.8) is 0 Å². The zero-order valence-corrected chi connectivity index (χ0v) is 8.39. The predicted octanol–water partition coefficient (Wildman–Crippen LogP) is 3.18. The topological polar surface area (TPSA) is 20.2 Å². The third-order valence-electron chi connectivity index (χ3n) is 3.57. The van der Waals surface area contributed by atoms with E-state index < -0.39 is 5.60 Å². The lowest BCUT2D eigenvalue weighted by atomic mass is 9.76. The van der Waals surface area contributed by atoms with Crippen LogP contribution in [0.4, 0.5) is 0 Å². The third-order valence-corrected chi connectivity index (χ3v) is 3.57. The summed E-state index contributed by atoms with van der Waals surface area (Å²) >= 11 is 0. The molecule has 0 radical (unpaired) electrons. The Bertz CT molecular complexity index is 199. The molecule has 2 aliphatic carbocycles. The van der Waals surface area contributed by atoms with Crippen LogP contribution in [-0.4, -0.2) is 10.7 Å². The van der Waals surface area contributed by atoms with Gasteiger partial charge in [0.2, 0.25) is 0 Å². The molecule has 2 aliphatic rings. The van der Waals surface area contributed by atoms with E-state index in [1.165, 1.54) is 44.1 Å². The molecule has 13 heavy (non-hydrogen) atoms. The Labute approximate surface area is 80.8 Å². The first-order valence-corrected chi connectivity index (χ1v) is 5.73. The van der Waals surface area contributed by atoms with Crippen molar-refractivity contribution in [3.05, 3.63) is 11.6 Å². The van der Waals surface area contributed by atoms with Crippen molar-refractivity contribution in [1.82, 2.24) is 0 Å². The average Bonchev–Trinajstić information content (AvgIpc) is 2.20. The summed E-state index contributed by atoms with van der Waals surface area (Å²) in [6, 6.07) is 0. The summed E-state index contributed by atoms with van der Waals surface area (Å²) in [5.74, 6) is 0. The second-order valence-electron chi connectivity index (χ2n) is 4.57. The van der Waals surface area contributed by atoms with Crippen molar-refractivity contribution in [1.29, 1.82) is 0 Å². The largest absolute Gasteiger partial charge is 0.386 e. The molecule has 0 amide bonds. The van der Waals surface area contributed by atoms with Crippen molar-refractivity contribution in [2.75, 3.05) is 0 Å². The van der Waals surface area contributed by atoms with Crippen LogP contribution in [-0.2, 0) is 0 Å². The molecular formula is C12H20O. The van der Waals surface area contributed by atoms with E-state index >= 15 is 0 Å². The molecule has 0 saturated heterocycles. The van der Waals surface area contributed by atoms with E-state index in [0.29, 0.717) is 0 Å². The molecule has 0 aromatic heterocycles. The molecular weight excluding hydrogens is 160 g/mol. The summed E-state index contributed by atoms with van der Waals surface area (Å²) in [7, 11) is 0. The van der Waals surface area contributed by atoms with Gasteiger partial charge in [-0.2, -0.15) is 0 Å². The zero-order valence-electron chi connectivity index (χ0n) is 8.39. The van der Waals surface area contributed by atoms with Crippen LogP contribution in [0.1, 0.15) is 57.8 Å². The first-order chi connectivity index (χ1) is 6.31. The standard InChI is InChI=1S/C12H20O/c13-12(9-5-2-6-10-12)11-7-3-1-4-8-11/h7,13H,1-6,8-10H2. The SMILES string of the molecule is OC1(C2=CCCCC2)CCCCC1. The molecule has 0 aromatic carbocycles. The first-order valence-electron chi connectivity index (χ1n) is 5.73. The van der Waals surface area contributed by atoms with Gasteiger partial charge in [0.25, 0.3) is 0 Å². The van der Waals surface area contributed by atoms with Crippen molar-refractivity contribution < 1.29 is 5.11 Å². The Kier molecular flexibility index (Phi) is 2.73. The quantitative estimate of drug-likeness (QED) is 0.614. The number of hydrogen-bond acceptors (Lipinski definition) is 1. The van der Waals surface area contributed by atoms with E-state index in [-0.39, 0.29) is 0 Å². The van der Waals surface area contributed by atoms with Crippen LogP contribution >= 0.6 is 0 Å². The molecule has 0 spiro atoms. The minimum atomic E-state index is -0.390. The van der Waals surface area contributed by atoms with Gasteiger partial charge in [0.15, 0.2) is 0 Å². The summed E-state index contributed by atoms with van der Waals surface area (Å²) in [6.07, 6.45) is 13.0. The van der Waals surface area contributed by atoms with Gasteiger partial charge >= 0.3 is 0 Å². The van der Waals surface area contributed by atoms with Gasteiger partial charge in [-0.3, -0.25) is 0 Å². The van der Waals surface area contributed by atoms with Gasteiger partial charge in [-0.15, -0.1) is 0 Å². The van der Waals surface area contributed by atoms with Gasteiger partial charge in [-0.25, -0.2) is 0 Å². The highest BCUT2D eigenvalue weighted by Crippen LogP contribution is 2.38. The van der Waals surface area contributed by atoms with Gasteiger partial charge in [0.05, 0.1) is 5.60 Å². The molecule has 0 unspecified atom stereocenters. The molecule has 2 rings (SSSR count). The molecule has 0 atom stereocenters. The molecule has 0 aliphatic heterocycles. The highest BCUT2D eigenvalue weighted by Gasteiger charge is 2.32. The number of hydrogen-bond donors (Lipinski definition) is 1. The average molecular weight is 180 g/mol. The van der Waals surface area contributed by atoms with Crippen molar-refractivity contribution in [2.24, 2.45) is 0 Å². The molecule has 1 heteroatoms. The minimum Gasteiger partial charge on any atom is -0.386 e. The highest BCUT2D eigenvalue weighted by molar-refractivity contribution is 5.19. The molecule has 74 valence electrons. The third kappa shape index (κ3) is 1.96. The monoisotopic (exact) mass is 180 g/mol. The van der Waals surface area contributed by atoms with Gasteiger partial charge in [-0.05, 0) is 44.1 Å². The van der Waals surface area contributed by atoms with E-state index in [2.05, 4.69) is 6.08 Å². The van der Waals surface area contributed by atoms with Crippen LogP contribution in [0.25, 0.3) is 0 Å². The fraction of sp³-hybridized carbons (Fsp3) is 0.833. The van der Waals surface area contributed by atoms with Crippen LogP contribution in [0.2, 0.25) is 0 Å². The van der Waals surface area contributed by atoms with E-state index in [1.807, 2.05) is 0 Å². The molecule has 0 bridgehead atoms. The zero-order chi connectivity index (χ0) is 9.15. The van der Waals surface area contributed by atoms with Crippen molar-refractivity contribution in [3.8, 4) is 0 Å².